The number of aryl methyl sites for hydroxylation is 1. The summed E-state index contributed by atoms with van der Waals surface area (Å²) in [5.41, 5.74) is 0.592. The Balaban J connectivity index is 1.45. The molecule has 3 atom stereocenters. The molecule has 0 bridgehead atoms. The van der Waals surface area contributed by atoms with Crippen molar-refractivity contribution < 1.29 is 29.0 Å². The first-order valence-electron chi connectivity index (χ1n) is 9.27. The highest BCUT2D eigenvalue weighted by Crippen LogP contribution is 2.41. The fourth-order valence-corrected chi connectivity index (χ4v) is 5.65. The molecule has 3 N–H and O–H groups in total. The van der Waals surface area contributed by atoms with Crippen molar-refractivity contribution in [2.75, 3.05) is 11.5 Å². The van der Waals surface area contributed by atoms with E-state index in [1.807, 2.05) is 0 Å². The second kappa shape index (κ2) is 8.88. The number of β-lactam (4-membered cyclic amide) rings is 1. The second-order valence-corrected chi connectivity index (χ2v) is 9.03. The maximum atomic E-state index is 13.1. The molecule has 1 saturated heterocycles. The summed E-state index contributed by atoms with van der Waals surface area (Å²) in [5.74, 6) is -2.55. The van der Waals surface area contributed by atoms with E-state index in [2.05, 4.69) is 20.8 Å². The van der Waals surface area contributed by atoms with Gasteiger partial charge in [0.15, 0.2) is 6.10 Å². The van der Waals surface area contributed by atoms with Crippen LogP contribution in [-0.2, 0) is 21.4 Å². The number of aliphatic carboxylic acids is 1. The number of carbonyl (C=O) groups is 3. The molecule has 2 aliphatic rings. The number of nitrogens with one attached hydrogen (secondary N) is 1. The Morgan fingerprint density at radius 3 is 2.72 bits per heavy atom. The predicted octanol–water partition coefficient (Wildman–Crippen LogP) is -0.0865. The number of aliphatic hydroxyl groups is 1. The van der Waals surface area contributed by atoms with Crippen molar-refractivity contribution in [3.63, 3.8) is 0 Å². The average Bonchev–Trinajstić information content (AvgIpc) is 3.19. The summed E-state index contributed by atoms with van der Waals surface area (Å²) in [6.07, 6.45) is -1.59. The van der Waals surface area contributed by atoms with Gasteiger partial charge in [-0.25, -0.2) is 13.9 Å². The monoisotopic (exact) mass is 480 g/mol. The molecule has 11 nitrogen and oxygen atoms in total. The van der Waals surface area contributed by atoms with E-state index in [-0.39, 0.29) is 17.0 Å². The lowest BCUT2D eigenvalue weighted by Crippen LogP contribution is -2.70. The van der Waals surface area contributed by atoms with Gasteiger partial charge >= 0.3 is 5.97 Å². The first kappa shape index (κ1) is 22.2. The number of amides is 2. The molecule has 0 spiro atoms. The van der Waals surface area contributed by atoms with Gasteiger partial charge in [0, 0.05) is 18.6 Å². The minimum absolute atomic E-state index is 0.119. The lowest BCUT2D eigenvalue weighted by molar-refractivity contribution is -0.151. The van der Waals surface area contributed by atoms with Gasteiger partial charge in [0.05, 0.1) is 0 Å². The molecule has 2 amide bonds. The van der Waals surface area contributed by atoms with Gasteiger partial charge in [-0.2, -0.15) is 0 Å². The van der Waals surface area contributed by atoms with Crippen LogP contribution in [0.1, 0.15) is 11.7 Å². The van der Waals surface area contributed by atoms with E-state index in [0.717, 1.165) is 17.0 Å². The number of fused-ring (bicyclic) bond motifs is 1. The highest BCUT2D eigenvalue weighted by Gasteiger charge is 2.54. The van der Waals surface area contributed by atoms with Crippen molar-refractivity contribution in [1.29, 1.82) is 0 Å². The minimum atomic E-state index is -1.59. The number of hydrogen-bond donors (Lipinski definition) is 3. The highest BCUT2D eigenvalue weighted by atomic mass is 32.2. The van der Waals surface area contributed by atoms with Crippen LogP contribution in [0.3, 0.4) is 0 Å². The number of tetrazole rings is 1. The van der Waals surface area contributed by atoms with Gasteiger partial charge < -0.3 is 15.5 Å². The van der Waals surface area contributed by atoms with Crippen LogP contribution >= 0.6 is 23.5 Å². The largest absolute Gasteiger partial charge is 0.477 e. The molecule has 168 valence electrons. The molecule has 3 heterocycles. The summed E-state index contributed by atoms with van der Waals surface area (Å²) in [6.45, 7) is 0. The SMILES string of the molecule is Cn1nnnc1SCC1=C(C(=O)O)N2C(=O)[C@@H](NC(=O)[C@H](O)c3ccc(F)cc3)[C@H]2SC1. The van der Waals surface area contributed by atoms with Crippen LogP contribution in [-0.4, -0.2) is 76.0 Å². The molecule has 0 aliphatic carbocycles. The molecule has 1 fully saturated rings. The van der Waals surface area contributed by atoms with E-state index in [4.69, 9.17) is 0 Å². The quantitative estimate of drug-likeness (QED) is 0.362. The number of benzene rings is 1. The maximum Gasteiger partial charge on any atom is 0.352 e. The number of nitrogens with zero attached hydrogens (tertiary/aromatic N) is 5. The first-order valence-corrected chi connectivity index (χ1v) is 11.3. The Bertz CT molecular complexity index is 1110. The summed E-state index contributed by atoms with van der Waals surface area (Å²) in [6, 6.07) is 3.78. The maximum absolute atomic E-state index is 13.1. The zero-order valence-electron chi connectivity index (χ0n) is 16.5. The standard InChI is InChI=1S/C18H17FN6O5S2/c1-24-18(21-22-23-24)32-7-9-6-31-16-11(15(28)25(16)12(9)17(29)30)20-14(27)13(26)8-2-4-10(19)5-3-8/h2-5,11,13,16,26H,6-7H2,1H3,(H,20,27)(H,29,30)/t11-,13-,16-/m1/s1. The van der Waals surface area contributed by atoms with E-state index in [9.17, 15) is 29.0 Å². The third-order valence-electron chi connectivity index (χ3n) is 4.94. The Morgan fingerprint density at radius 2 is 2.09 bits per heavy atom. The van der Waals surface area contributed by atoms with Crippen LogP contribution < -0.4 is 5.32 Å². The molecule has 1 aromatic heterocycles. The van der Waals surface area contributed by atoms with Crippen LogP contribution in [0, 0.1) is 5.82 Å². The van der Waals surface area contributed by atoms with Gasteiger partial charge in [-0.05, 0) is 33.7 Å². The van der Waals surface area contributed by atoms with Crippen LogP contribution in [0.4, 0.5) is 4.39 Å². The number of carboxylic acids is 1. The number of aliphatic hydroxyl groups excluding tert-OH is 1. The number of carboxylic acid groups (broad SMARTS) is 1. The van der Waals surface area contributed by atoms with E-state index >= 15 is 0 Å². The Morgan fingerprint density at radius 1 is 1.38 bits per heavy atom. The minimum Gasteiger partial charge on any atom is -0.477 e. The fourth-order valence-electron chi connectivity index (χ4n) is 3.32. The molecular formula is C18H17FN6O5S2. The molecule has 4 rings (SSSR count). The zero-order chi connectivity index (χ0) is 23.0. The summed E-state index contributed by atoms with van der Waals surface area (Å²) >= 11 is 2.56. The average molecular weight is 481 g/mol. The zero-order valence-corrected chi connectivity index (χ0v) is 18.1. The van der Waals surface area contributed by atoms with Gasteiger partial charge in [-0.15, -0.1) is 16.9 Å². The molecule has 14 heteroatoms. The van der Waals surface area contributed by atoms with Crippen molar-refractivity contribution in [2.24, 2.45) is 7.05 Å². The summed E-state index contributed by atoms with van der Waals surface area (Å²) < 4.78 is 14.5. The normalized spacial score (nSPS) is 21.1. The van der Waals surface area contributed by atoms with Crippen molar-refractivity contribution in [3.05, 3.63) is 46.9 Å². The van der Waals surface area contributed by atoms with Crippen LogP contribution in [0.15, 0.2) is 40.7 Å². The Kier molecular flexibility index (Phi) is 6.17. The number of halogens is 1. The van der Waals surface area contributed by atoms with Crippen LogP contribution in [0.5, 0.6) is 0 Å². The smallest absolute Gasteiger partial charge is 0.352 e. The van der Waals surface area contributed by atoms with Crippen molar-refractivity contribution in [1.82, 2.24) is 30.4 Å². The van der Waals surface area contributed by atoms with Crippen LogP contribution in [0.2, 0.25) is 0 Å². The molecule has 2 aliphatic heterocycles. The van der Waals surface area contributed by atoms with Crippen molar-refractivity contribution in [2.45, 2.75) is 22.7 Å². The molecular weight excluding hydrogens is 463 g/mol. The molecule has 32 heavy (non-hydrogen) atoms. The summed E-state index contributed by atoms with van der Waals surface area (Å²) in [5, 5.41) is 33.4. The number of rotatable bonds is 7. The van der Waals surface area contributed by atoms with Gasteiger partial charge in [-0.1, -0.05) is 23.9 Å². The van der Waals surface area contributed by atoms with Crippen molar-refractivity contribution in [3.8, 4) is 0 Å². The lowest BCUT2D eigenvalue weighted by Gasteiger charge is -2.49. The molecule has 0 unspecified atom stereocenters. The number of carbonyl (C=O) groups excluding carboxylic acids is 2. The number of aromatic nitrogens is 4. The molecule has 0 saturated carbocycles. The third-order valence-corrected chi connectivity index (χ3v) is 7.37. The van der Waals surface area contributed by atoms with E-state index < -0.39 is 41.1 Å². The molecule has 2 aromatic rings. The summed E-state index contributed by atoms with van der Waals surface area (Å²) in [7, 11) is 1.66. The van der Waals surface area contributed by atoms with E-state index in [1.54, 1.807) is 7.05 Å². The third kappa shape index (κ3) is 4.08. The van der Waals surface area contributed by atoms with E-state index in [0.29, 0.717) is 16.5 Å². The van der Waals surface area contributed by atoms with Gasteiger partial charge in [-0.3, -0.25) is 14.5 Å². The number of hydrogen-bond acceptors (Lipinski definition) is 9. The predicted molar refractivity (Wildman–Crippen MR) is 111 cm³/mol. The van der Waals surface area contributed by atoms with Gasteiger partial charge in [0.1, 0.15) is 22.9 Å². The van der Waals surface area contributed by atoms with E-state index in [1.165, 1.54) is 40.3 Å². The topological polar surface area (TPSA) is 151 Å². The lowest BCUT2D eigenvalue weighted by atomic mass is 10.0. The highest BCUT2D eigenvalue weighted by molar-refractivity contribution is 8.01. The Labute approximate surface area is 189 Å². The second-order valence-electron chi connectivity index (χ2n) is 6.98. The summed E-state index contributed by atoms with van der Waals surface area (Å²) in [4.78, 5) is 38.2. The first-order chi connectivity index (χ1) is 15.3. The Hall–Kier alpha value is -2.97. The van der Waals surface area contributed by atoms with Gasteiger partial charge in [0.25, 0.3) is 11.8 Å². The number of thioether (sulfide) groups is 2. The molecule has 0 radical (unpaired) electrons. The van der Waals surface area contributed by atoms with Crippen LogP contribution in [0.25, 0.3) is 0 Å². The fraction of sp³-hybridized carbons (Fsp3) is 0.333. The van der Waals surface area contributed by atoms with Crippen molar-refractivity contribution >= 4 is 41.3 Å². The van der Waals surface area contributed by atoms with Gasteiger partial charge in [0.2, 0.25) is 5.16 Å². The molecule has 1 aromatic carbocycles.